The Morgan fingerprint density at radius 3 is 3.11 bits per heavy atom. The molecule has 0 aliphatic heterocycles. The van der Waals surface area contributed by atoms with E-state index in [1.165, 1.54) is 7.11 Å². The Morgan fingerprint density at radius 2 is 2.39 bits per heavy atom. The number of rotatable bonds is 5. The van der Waals surface area contributed by atoms with E-state index in [9.17, 15) is 4.79 Å². The van der Waals surface area contributed by atoms with Crippen LogP contribution in [0.4, 0.5) is 5.69 Å². The first-order valence-corrected chi connectivity index (χ1v) is 6.39. The van der Waals surface area contributed by atoms with Crippen LogP contribution in [0.25, 0.3) is 0 Å². The van der Waals surface area contributed by atoms with Gasteiger partial charge >= 0.3 is 5.97 Å². The molecule has 0 aromatic carbocycles. The van der Waals surface area contributed by atoms with Crippen LogP contribution in [0.5, 0.6) is 0 Å². The van der Waals surface area contributed by atoms with E-state index >= 15 is 0 Å². The van der Waals surface area contributed by atoms with Crippen molar-refractivity contribution in [2.45, 2.75) is 6.42 Å². The zero-order chi connectivity index (χ0) is 12.8. The van der Waals surface area contributed by atoms with E-state index in [2.05, 4.69) is 20.0 Å². The van der Waals surface area contributed by atoms with E-state index < -0.39 is 5.97 Å². The maximum absolute atomic E-state index is 11.3. The smallest absolute Gasteiger partial charge is 0.356 e. The molecule has 2 aromatic heterocycles. The highest BCUT2D eigenvalue weighted by molar-refractivity contribution is 7.07. The van der Waals surface area contributed by atoms with Crippen molar-refractivity contribution in [2.75, 3.05) is 19.0 Å². The third-order valence-electron chi connectivity index (χ3n) is 2.35. The SMILES string of the molecule is COC(=O)c1cc(NCCc2cscn2)ccn1. The number of hydrogen-bond donors (Lipinski definition) is 1. The Balaban J connectivity index is 1.91. The van der Waals surface area contributed by atoms with Crippen molar-refractivity contribution < 1.29 is 9.53 Å². The number of thiazole rings is 1. The molecule has 0 saturated carbocycles. The molecule has 18 heavy (non-hydrogen) atoms. The van der Waals surface area contributed by atoms with Gasteiger partial charge in [0.25, 0.3) is 0 Å². The average Bonchev–Trinajstić information content (AvgIpc) is 2.91. The lowest BCUT2D eigenvalue weighted by Gasteiger charge is -2.06. The molecule has 0 atom stereocenters. The molecule has 2 aromatic rings. The summed E-state index contributed by atoms with van der Waals surface area (Å²) in [5.41, 5.74) is 4.03. The Morgan fingerprint density at radius 1 is 1.50 bits per heavy atom. The van der Waals surface area contributed by atoms with Crippen molar-refractivity contribution in [3.8, 4) is 0 Å². The molecule has 0 fully saturated rings. The Hall–Kier alpha value is -1.95. The zero-order valence-corrected chi connectivity index (χ0v) is 10.7. The van der Waals surface area contributed by atoms with Gasteiger partial charge in [-0.3, -0.25) is 0 Å². The molecular formula is C12H13N3O2S. The van der Waals surface area contributed by atoms with Gasteiger partial charge in [-0.05, 0) is 12.1 Å². The second kappa shape index (κ2) is 6.11. The standard InChI is InChI=1S/C12H13N3O2S/c1-17-12(16)11-6-9(2-5-14-11)13-4-3-10-7-18-8-15-10/h2,5-8H,3-4H2,1H3,(H,13,14). The number of carbonyl (C=O) groups excluding carboxylic acids is 1. The second-order valence-electron chi connectivity index (χ2n) is 3.58. The van der Waals surface area contributed by atoms with Crippen molar-refractivity contribution in [2.24, 2.45) is 0 Å². The van der Waals surface area contributed by atoms with Gasteiger partial charge in [-0.25, -0.2) is 14.8 Å². The number of nitrogens with one attached hydrogen (secondary N) is 1. The maximum atomic E-state index is 11.3. The van der Waals surface area contributed by atoms with Crippen molar-refractivity contribution in [3.05, 3.63) is 40.6 Å². The number of methoxy groups -OCH3 is 1. The van der Waals surface area contributed by atoms with E-state index in [1.54, 1.807) is 23.6 Å². The molecule has 0 aliphatic rings. The topological polar surface area (TPSA) is 64.1 Å². The quantitative estimate of drug-likeness (QED) is 0.836. The third-order valence-corrected chi connectivity index (χ3v) is 2.98. The van der Waals surface area contributed by atoms with Crippen LogP contribution in [0, 0.1) is 0 Å². The molecule has 0 saturated heterocycles. The fourth-order valence-electron chi connectivity index (χ4n) is 1.45. The number of nitrogens with zero attached hydrogens (tertiary/aromatic N) is 2. The summed E-state index contributed by atoms with van der Waals surface area (Å²) in [5, 5.41) is 5.24. The first-order chi connectivity index (χ1) is 8.79. The number of ether oxygens (including phenoxy) is 1. The molecule has 0 aliphatic carbocycles. The predicted molar refractivity (Wildman–Crippen MR) is 69.9 cm³/mol. The molecule has 1 N–H and O–H groups in total. The average molecular weight is 263 g/mol. The summed E-state index contributed by atoms with van der Waals surface area (Å²) >= 11 is 1.59. The number of anilines is 1. The Labute approximate surface area is 109 Å². The van der Waals surface area contributed by atoms with Crippen LogP contribution >= 0.6 is 11.3 Å². The molecule has 0 radical (unpaired) electrons. The van der Waals surface area contributed by atoms with E-state index in [1.807, 2.05) is 17.0 Å². The molecule has 0 unspecified atom stereocenters. The van der Waals surface area contributed by atoms with E-state index in [0.29, 0.717) is 5.69 Å². The van der Waals surface area contributed by atoms with Gasteiger partial charge in [0.2, 0.25) is 0 Å². The maximum Gasteiger partial charge on any atom is 0.356 e. The summed E-state index contributed by atoms with van der Waals surface area (Å²) in [7, 11) is 1.34. The summed E-state index contributed by atoms with van der Waals surface area (Å²) in [5.74, 6) is -0.432. The molecule has 0 spiro atoms. The van der Waals surface area contributed by atoms with E-state index in [-0.39, 0.29) is 0 Å². The van der Waals surface area contributed by atoms with Crippen LogP contribution in [0.1, 0.15) is 16.2 Å². The summed E-state index contributed by atoms with van der Waals surface area (Å²) in [4.78, 5) is 19.4. The van der Waals surface area contributed by atoms with E-state index in [0.717, 1.165) is 24.3 Å². The van der Waals surface area contributed by atoms with Crippen LogP contribution in [0.15, 0.2) is 29.2 Å². The van der Waals surface area contributed by atoms with Crippen LogP contribution in [0.3, 0.4) is 0 Å². The van der Waals surface area contributed by atoms with Crippen LogP contribution in [-0.4, -0.2) is 29.6 Å². The van der Waals surface area contributed by atoms with Crippen molar-refractivity contribution in [3.63, 3.8) is 0 Å². The molecule has 0 amide bonds. The zero-order valence-electron chi connectivity index (χ0n) is 9.92. The predicted octanol–water partition coefficient (Wildman–Crippen LogP) is 1.98. The van der Waals surface area contributed by atoms with Crippen LogP contribution in [0.2, 0.25) is 0 Å². The number of carbonyl (C=O) groups is 1. The van der Waals surface area contributed by atoms with Crippen LogP contribution < -0.4 is 5.32 Å². The summed E-state index contributed by atoms with van der Waals surface area (Å²) in [6, 6.07) is 3.49. The summed E-state index contributed by atoms with van der Waals surface area (Å²) < 4.78 is 4.62. The van der Waals surface area contributed by atoms with Gasteiger partial charge in [0.1, 0.15) is 5.69 Å². The Bertz CT molecular complexity index is 514. The van der Waals surface area contributed by atoms with Gasteiger partial charge < -0.3 is 10.1 Å². The van der Waals surface area contributed by atoms with Gasteiger partial charge in [-0.15, -0.1) is 11.3 Å². The molecular weight excluding hydrogens is 250 g/mol. The highest BCUT2D eigenvalue weighted by Gasteiger charge is 2.07. The number of aromatic nitrogens is 2. The number of hydrogen-bond acceptors (Lipinski definition) is 6. The molecule has 94 valence electrons. The van der Waals surface area contributed by atoms with Crippen molar-refractivity contribution >= 4 is 23.0 Å². The first kappa shape index (κ1) is 12.5. The molecule has 0 bridgehead atoms. The van der Waals surface area contributed by atoms with Crippen molar-refractivity contribution in [1.29, 1.82) is 0 Å². The van der Waals surface area contributed by atoms with Gasteiger partial charge in [-0.1, -0.05) is 0 Å². The summed E-state index contributed by atoms with van der Waals surface area (Å²) in [6.45, 7) is 0.758. The van der Waals surface area contributed by atoms with Crippen LogP contribution in [-0.2, 0) is 11.2 Å². The fourth-order valence-corrected chi connectivity index (χ4v) is 2.05. The van der Waals surface area contributed by atoms with Gasteiger partial charge in [-0.2, -0.15) is 0 Å². The normalized spacial score (nSPS) is 10.1. The molecule has 5 nitrogen and oxygen atoms in total. The highest BCUT2D eigenvalue weighted by Crippen LogP contribution is 2.09. The third kappa shape index (κ3) is 3.27. The largest absolute Gasteiger partial charge is 0.464 e. The first-order valence-electron chi connectivity index (χ1n) is 5.45. The lowest BCUT2D eigenvalue weighted by atomic mass is 10.3. The minimum atomic E-state index is -0.432. The second-order valence-corrected chi connectivity index (χ2v) is 4.30. The fraction of sp³-hybridized carbons (Fsp3) is 0.250. The van der Waals surface area contributed by atoms with E-state index in [4.69, 9.17) is 0 Å². The lowest BCUT2D eigenvalue weighted by Crippen LogP contribution is -2.08. The summed E-state index contributed by atoms with van der Waals surface area (Å²) in [6.07, 6.45) is 2.43. The molecule has 2 heterocycles. The molecule has 6 heteroatoms. The number of pyridine rings is 1. The Kier molecular flexibility index (Phi) is 4.25. The van der Waals surface area contributed by atoms with Gasteiger partial charge in [0, 0.05) is 30.2 Å². The minimum absolute atomic E-state index is 0.302. The monoisotopic (exact) mass is 263 g/mol. The highest BCUT2D eigenvalue weighted by atomic mass is 32.1. The van der Waals surface area contributed by atoms with Crippen molar-refractivity contribution in [1.82, 2.24) is 9.97 Å². The minimum Gasteiger partial charge on any atom is -0.464 e. The molecule has 2 rings (SSSR count). The van der Waals surface area contributed by atoms with Gasteiger partial charge in [0.15, 0.2) is 0 Å². The van der Waals surface area contributed by atoms with Gasteiger partial charge in [0.05, 0.1) is 18.3 Å². The number of esters is 1. The lowest BCUT2D eigenvalue weighted by molar-refractivity contribution is 0.0594.